The normalized spacial score (nSPS) is 12.2. The van der Waals surface area contributed by atoms with Crippen LogP contribution in [-0.2, 0) is 4.79 Å². The Bertz CT molecular complexity index is 572. The Balaban J connectivity index is 2.05. The van der Waals surface area contributed by atoms with E-state index in [-0.39, 0.29) is 11.7 Å². The average Bonchev–Trinajstić information content (AvgIpc) is 2.91. The lowest BCUT2D eigenvalue weighted by Crippen LogP contribution is -2.37. The SMILES string of the molecule is CC(C)C(C(=O)NOc1ccccc1F)n1cnnc1. The molecule has 2 aromatic rings. The predicted octanol–water partition coefficient (Wildman–Crippen LogP) is 1.72. The van der Waals surface area contributed by atoms with E-state index in [0.717, 1.165) is 0 Å². The van der Waals surface area contributed by atoms with Crippen molar-refractivity contribution in [1.29, 1.82) is 0 Å². The van der Waals surface area contributed by atoms with Crippen molar-refractivity contribution in [3.63, 3.8) is 0 Å². The van der Waals surface area contributed by atoms with Crippen LogP contribution in [0, 0.1) is 11.7 Å². The van der Waals surface area contributed by atoms with Crippen LogP contribution in [0.2, 0.25) is 0 Å². The molecule has 0 fully saturated rings. The average molecular weight is 278 g/mol. The third kappa shape index (κ3) is 3.11. The number of hydrogen-bond donors (Lipinski definition) is 1. The Kier molecular flexibility index (Phi) is 4.29. The number of nitrogens with zero attached hydrogens (tertiary/aromatic N) is 3. The number of carbonyl (C=O) groups is 1. The third-order valence-electron chi connectivity index (χ3n) is 2.76. The lowest BCUT2D eigenvalue weighted by molar-refractivity contribution is -0.132. The molecule has 7 heteroatoms. The summed E-state index contributed by atoms with van der Waals surface area (Å²) in [6.07, 6.45) is 2.90. The topological polar surface area (TPSA) is 69.0 Å². The maximum atomic E-state index is 13.4. The summed E-state index contributed by atoms with van der Waals surface area (Å²) in [4.78, 5) is 17.1. The fourth-order valence-electron chi connectivity index (χ4n) is 1.83. The first-order valence-corrected chi connectivity index (χ1v) is 6.15. The van der Waals surface area contributed by atoms with Crippen LogP contribution in [0.4, 0.5) is 4.39 Å². The van der Waals surface area contributed by atoms with E-state index in [9.17, 15) is 9.18 Å². The number of nitrogens with one attached hydrogen (secondary N) is 1. The smallest absolute Gasteiger partial charge is 0.275 e. The predicted molar refractivity (Wildman–Crippen MR) is 69.1 cm³/mol. The molecule has 0 saturated carbocycles. The molecule has 1 aromatic carbocycles. The van der Waals surface area contributed by atoms with Crippen LogP contribution in [0.1, 0.15) is 19.9 Å². The molecular weight excluding hydrogens is 263 g/mol. The molecular formula is C13H15FN4O2. The minimum absolute atomic E-state index is 0.00443. The lowest BCUT2D eigenvalue weighted by atomic mass is 10.0. The number of halogens is 1. The molecule has 20 heavy (non-hydrogen) atoms. The number of amides is 1. The first kappa shape index (κ1) is 14.0. The standard InChI is InChI=1S/C13H15FN4O2/c1-9(2)12(18-7-15-16-8-18)13(19)17-20-11-6-4-3-5-10(11)14/h3-9,12H,1-2H3,(H,17,19). The summed E-state index contributed by atoms with van der Waals surface area (Å²) in [5.41, 5.74) is 2.25. The van der Waals surface area contributed by atoms with E-state index in [1.807, 2.05) is 13.8 Å². The van der Waals surface area contributed by atoms with E-state index in [1.54, 1.807) is 10.6 Å². The first-order valence-electron chi connectivity index (χ1n) is 6.15. The number of hydrogen-bond acceptors (Lipinski definition) is 4. The van der Waals surface area contributed by atoms with Gasteiger partial charge in [0.05, 0.1) is 0 Å². The van der Waals surface area contributed by atoms with Crippen molar-refractivity contribution in [3.8, 4) is 5.75 Å². The van der Waals surface area contributed by atoms with Crippen molar-refractivity contribution in [1.82, 2.24) is 20.2 Å². The summed E-state index contributed by atoms with van der Waals surface area (Å²) in [5.74, 6) is -0.983. The number of para-hydroxylation sites is 1. The van der Waals surface area contributed by atoms with Gasteiger partial charge in [-0.1, -0.05) is 26.0 Å². The van der Waals surface area contributed by atoms with Gasteiger partial charge in [-0.05, 0) is 18.1 Å². The van der Waals surface area contributed by atoms with E-state index in [2.05, 4.69) is 15.7 Å². The van der Waals surface area contributed by atoms with Crippen LogP contribution >= 0.6 is 0 Å². The van der Waals surface area contributed by atoms with Gasteiger partial charge in [0.2, 0.25) is 0 Å². The van der Waals surface area contributed by atoms with E-state index >= 15 is 0 Å². The third-order valence-corrected chi connectivity index (χ3v) is 2.76. The summed E-state index contributed by atoms with van der Waals surface area (Å²) in [6.45, 7) is 3.76. The Morgan fingerprint density at radius 2 is 1.95 bits per heavy atom. The van der Waals surface area contributed by atoms with Gasteiger partial charge in [0.15, 0.2) is 11.6 Å². The van der Waals surface area contributed by atoms with Gasteiger partial charge in [-0.3, -0.25) is 4.79 Å². The van der Waals surface area contributed by atoms with E-state index in [0.29, 0.717) is 0 Å². The first-order chi connectivity index (χ1) is 9.59. The van der Waals surface area contributed by atoms with Crippen LogP contribution in [0.5, 0.6) is 5.75 Å². The number of hydroxylamine groups is 1. The van der Waals surface area contributed by atoms with E-state index in [1.165, 1.54) is 30.9 Å². The lowest BCUT2D eigenvalue weighted by Gasteiger charge is -2.20. The number of aromatic nitrogens is 3. The van der Waals surface area contributed by atoms with Crippen molar-refractivity contribution in [3.05, 3.63) is 42.7 Å². The minimum atomic E-state index is -0.543. The number of rotatable bonds is 5. The molecule has 0 aliphatic carbocycles. The number of benzene rings is 1. The summed E-state index contributed by atoms with van der Waals surface area (Å²) >= 11 is 0. The zero-order chi connectivity index (χ0) is 14.5. The van der Waals surface area contributed by atoms with Gasteiger partial charge >= 0.3 is 0 Å². The van der Waals surface area contributed by atoms with Crippen LogP contribution < -0.4 is 10.3 Å². The molecule has 2 rings (SSSR count). The zero-order valence-corrected chi connectivity index (χ0v) is 11.2. The van der Waals surface area contributed by atoms with Crippen molar-refractivity contribution in [2.45, 2.75) is 19.9 Å². The van der Waals surface area contributed by atoms with Gasteiger partial charge in [0, 0.05) is 0 Å². The zero-order valence-electron chi connectivity index (χ0n) is 11.2. The minimum Gasteiger partial charge on any atom is -0.376 e. The second-order valence-electron chi connectivity index (χ2n) is 4.60. The highest BCUT2D eigenvalue weighted by Gasteiger charge is 2.24. The molecule has 1 heterocycles. The van der Waals surface area contributed by atoms with Gasteiger partial charge in [-0.15, -0.1) is 10.2 Å². The maximum absolute atomic E-state index is 13.4. The fourth-order valence-corrected chi connectivity index (χ4v) is 1.83. The molecule has 1 atom stereocenters. The van der Waals surface area contributed by atoms with Gasteiger partial charge in [-0.25, -0.2) is 4.39 Å². The Morgan fingerprint density at radius 1 is 1.30 bits per heavy atom. The van der Waals surface area contributed by atoms with Crippen molar-refractivity contribution in [2.24, 2.45) is 5.92 Å². The monoisotopic (exact) mass is 278 g/mol. The summed E-state index contributed by atoms with van der Waals surface area (Å²) < 4.78 is 14.9. The molecule has 106 valence electrons. The molecule has 0 radical (unpaired) electrons. The molecule has 1 aromatic heterocycles. The van der Waals surface area contributed by atoms with E-state index in [4.69, 9.17) is 4.84 Å². The Hall–Kier alpha value is -2.44. The summed E-state index contributed by atoms with van der Waals surface area (Å²) in [5, 5.41) is 7.34. The van der Waals surface area contributed by atoms with Gasteiger partial charge in [0.25, 0.3) is 5.91 Å². The van der Waals surface area contributed by atoms with Crippen molar-refractivity contribution >= 4 is 5.91 Å². The summed E-state index contributed by atoms with van der Waals surface area (Å²) in [7, 11) is 0. The summed E-state index contributed by atoms with van der Waals surface area (Å²) in [6, 6.07) is 5.30. The quantitative estimate of drug-likeness (QED) is 0.846. The Morgan fingerprint density at radius 3 is 2.55 bits per heavy atom. The molecule has 1 amide bonds. The second kappa shape index (κ2) is 6.14. The molecule has 0 saturated heterocycles. The molecule has 1 unspecified atom stereocenters. The van der Waals surface area contributed by atoms with Crippen LogP contribution in [-0.4, -0.2) is 20.7 Å². The highest BCUT2D eigenvalue weighted by Crippen LogP contribution is 2.18. The van der Waals surface area contributed by atoms with Crippen molar-refractivity contribution < 1.29 is 14.0 Å². The van der Waals surface area contributed by atoms with Crippen LogP contribution in [0.15, 0.2) is 36.9 Å². The van der Waals surface area contributed by atoms with Gasteiger partial charge in [0.1, 0.15) is 18.7 Å². The molecule has 0 bridgehead atoms. The fraction of sp³-hybridized carbons (Fsp3) is 0.308. The van der Waals surface area contributed by atoms with Crippen LogP contribution in [0.3, 0.4) is 0 Å². The highest BCUT2D eigenvalue weighted by molar-refractivity contribution is 5.79. The second-order valence-corrected chi connectivity index (χ2v) is 4.60. The molecule has 0 spiro atoms. The molecule has 6 nitrogen and oxygen atoms in total. The largest absolute Gasteiger partial charge is 0.376 e. The van der Waals surface area contributed by atoms with E-state index < -0.39 is 17.8 Å². The number of carbonyl (C=O) groups excluding carboxylic acids is 1. The Labute approximate surface area is 115 Å². The van der Waals surface area contributed by atoms with Crippen molar-refractivity contribution in [2.75, 3.05) is 0 Å². The maximum Gasteiger partial charge on any atom is 0.275 e. The van der Waals surface area contributed by atoms with Crippen LogP contribution in [0.25, 0.3) is 0 Å². The molecule has 1 N–H and O–H groups in total. The molecule has 0 aliphatic rings. The van der Waals surface area contributed by atoms with Gasteiger partial charge < -0.3 is 9.40 Å². The van der Waals surface area contributed by atoms with Gasteiger partial charge in [-0.2, -0.15) is 5.48 Å². The molecule has 0 aliphatic heterocycles. The highest BCUT2D eigenvalue weighted by atomic mass is 19.1.